The normalized spacial score (nSPS) is 11.3. The molecule has 0 aliphatic carbocycles. The lowest BCUT2D eigenvalue weighted by molar-refractivity contribution is 1.20. The van der Waals surface area contributed by atoms with Gasteiger partial charge in [-0.15, -0.1) is 0 Å². The summed E-state index contributed by atoms with van der Waals surface area (Å²) in [5.41, 5.74) is 3.53. The first-order chi connectivity index (χ1) is 7.25. The standard InChI is InChI=1S/C10H8N4O/c1-5-7-9(14-10(15)13-7)8-6(12-5)3-2-4-11-8/h2-4H,1H3,(H2,13,14,15). The number of aromatic nitrogens is 4. The van der Waals surface area contributed by atoms with Gasteiger partial charge in [-0.1, -0.05) is 0 Å². The van der Waals surface area contributed by atoms with E-state index in [1.807, 2.05) is 19.1 Å². The molecule has 3 aromatic heterocycles. The smallest absolute Gasteiger partial charge is 0.304 e. The summed E-state index contributed by atoms with van der Waals surface area (Å²) >= 11 is 0. The molecule has 0 unspecified atom stereocenters. The minimum atomic E-state index is -0.229. The summed E-state index contributed by atoms with van der Waals surface area (Å²) in [7, 11) is 0. The first kappa shape index (κ1) is 8.16. The van der Waals surface area contributed by atoms with Crippen molar-refractivity contribution in [2.45, 2.75) is 6.92 Å². The van der Waals surface area contributed by atoms with Crippen molar-refractivity contribution < 1.29 is 0 Å². The highest BCUT2D eigenvalue weighted by atomic mass is 16.1. The highest BCUT2D eigenvalue weighted by molar-refractivity contribution is 5.99. The molecule has 5 heteroatoms. The van der Waals surface area contributed by atoms with Gasteiger partial charge in [0.1, 0.15) is 5.52 Å². The Kier molecular flexibility index (Phi) is 1.45. The Morgan fingerprint density at radius 1 is 1.27 bits per heavy atom. The number of nitrogens with zero attached hydrogens (tertiary/aromatic N) is 2. The Morgan fingerprint density at radius 3 is 2.93 bits per heavy atom. The number of pyridine rings is 2. The van der Waals surface area contributed by atoms with E-state index in [0.717, 1.165) is 27.8 Å². The number of hydrogen-bond acceptors (Lipinski definition) is 3. The van der Waals surface area contributed by atoms with Gasteiger partial charge in [-0.2, -0.15) is 0 Å². The van der Waals surface area contributed by atoms with E-state index in [9.17, 15) is 4.79 Å². The van der Waals surface area contributed by atoms with Gasteiger partial charge in [0.15, 0.2) is 0 Å². The molecule has 0 amide bonds. The number of fused-ring (bicyclic) bond motifs is 3. The molecule has 15 heavy (non-hydrogen) atoms. The fraction of sp³-hybridized carbons (Fsp3) is 0.100. The molecule has 3 heterocycles. The SMILES string of the molecule is Cc1nc2cccnc2c2[nH]c(=O)[nH]c12. The third kappa shape index (κ3) is 1.06. The fourth-order valence-electron chi connectivity index (χ4n) is 1.75. The maximum Gasteiger partial charge on any atom is 0.323 e. The van der Waals surface area contributed by atoms with Gasteiger partial charge in [-0.05, 0) is 19.1 Å². The Morgan fingerprint density at radius 2 is 2.07 bits per heavy atom. The van der Waals surface area contributed by atoms with Gasteiger partial charge in [0.2, 0.25) is 0 Å². The Labute approximate surface area is 84.2 Å². The number of nitrogens with one attached hydrogen (secondary N) is 2. The summed E-state index contributed by atoms with van der Waals surface area (Å²) in [6.45, 7) is 1.86. The predicted molar refractivity (Wildman–Crippen MR) is 56.8 cm³/mol. The third-order valence-electron chi connectivity index (χ3n) is 2.40. The first-order valence-electron chi connectivity index (χ1n) is 4.59. The van der Waals surface area contributed by atoms with Crippen LogP contribution in [0.25, 0.3) is 22.1 Å². The number of H-pyrrole nitrogens is 2. The lowest BCUT2D eigenvalue weighted by Crippen LogP contribution is -1.99. The van der Waals surface area contributed by atoms with Crippen molar-refractivity contribution in [1.29, 1.82) is 0 Å². The molecule has 2 N–H and O–H groups in total. The van der Waals surface area contributed by atoms with Gasteiger partial charge in [0.05, 0.1) is 22.2 Å². The molecule has 0 aliphatic heterocycles. The monoisotopic (exact) mass is 200 g/mol. The number of imidazole rings is 1. The van der Waals surface area contributed by atoms with Crippen LogP contribution >= 0.6 is 0 Å². The molecular weight excluding hydrogens is 192 g/mol. The summed E-state index contributed by atoms with van der Waals surface area (Å²) in [6.07, 6.45) is 1.68. The minimum Gasteiger partial charge on any atom is -0.304 e. The zero-order valence-corrected chi connectivity index (χ0v) is 8.03. The average Bonchev–Trinajstić information content (AvgIpc) is 2.61. The van der Waals surface area contributed by atoms with Crippen LogP contribution in [0, 0.1) is 6.92 Å². The second-order valence-corrected chi connectivity index (χ2v) is 3.40. The maximum atomic E-state index is 11.2. The van der Waals surface area contributed by atoms with Crippen LogP contribution in [0.15, 0.2) is 23.1 Å². The molecule has 0 radical (unpaired) electrons. The minimum absolute atomic E-state index is 0.229. The molecule has 0 bridgehead atoms. The second-order valence-electron chi connectivity index (χ2n) is 3.40. The summed E-state index contributed by atoms with van der Waals surface area (Å²) in [6, 6.07) is 3.70. The Hall–Kier alpha value is -2.17. The van der Waals surface area contributed by atoms with E-state index < -0.39 is 0 Å². The van der Waals surface area contributed by atoms with Crippen molar-refractivity contribution in [2.24, 2.45) is 0 Å². The Bertz CT molecular complexity index is 710. The van der Waals surface area contributed by atoms with Gasteiger partial charge < -0.3 is 9.97 Å². The lowest BCUT2D eigenvalue weighted by atomic mass is 10.2. The molecule has 0 fully saturated rings. The van der Waals surface area contributed by atoms with E-state index in [4.69, 9.17) is 0 Å². The molecule has 5 nitrogen and oxygen atoms in total. The predicted octanol–water partition coefficient (Wildman–Crippen LogP) is 1.11. The number of hydrogen-bond donors (Lipinski definition) is 2. The van der Waals surface area contributed by atoms with Crippen molar-refractivity contribution in [2.75, 3.05) is 0 Å². The molecule has 0 aliphatic rings. The highest BCUT2D eigenvalue weighted by Crippen LogP contribution is 2.19. The number of rotatable bonds is 0. The van der Waals surface area contributed by atoms with Gasteiger partial charge in [0, 0.05) is 6.20 Å². The molecule has 3 rings (SSSR count). The molecule has 74 valence electrons. The van der Waals surface area contributed by atoms with Crippen LogP contribution in [0.3, 0.4) is 0 Å². The topological polar surface area (TPSA) is 74.4 Å². The van der Waals surface area contributed by atoms with Crippen LogP contribution < -0.4 is 5.69 Å². The van der Waals surface area contributed by atoms with Crippen LogP contribution in [-0.4, -0.2) is 19.9 Å². The molecule has 0 saturated heterocycles. The van der Waals surface area contributed by atoms with Crippen molar-refractivity contribution in [1.82, 2.24) is 19.9 Å². The molecular formula is C10H8N4O. The lowest BCUT2D eigenvalue weighted by Gasteiger charge is -1.99. The molecule has 0 spiro atoms. The summed E-state index contributed by atoms with van der Waals surface area (Å²) in [4.78, 5) is 25.2. The van der Waals surface area contributed by atoms with Crippen molar-refractivity contribution in [3.05, 3.63) is 34.5 Å². The molecule has 0 atom stereocenters. The molecule has 0 saturated carbocycles. The zero-order valence-electron chi connectivity index (χ0n) is 8.03. The third-order valence-corrected chi connectivity index (χ3v) is 2.40. The number of aryl methyl sites for hydroxylation is 1. The van der Waals surface area contributed by atoms with E-state index in [1.165, 1.54) is 0 Å². The van der Waals surface area contributed by atoms with Crippen LogP contribution in [0.5, 0.6) is 0 Å². The Balaban J connectivity index is 2.69. The second kappa shape index (κ2) is 2.66. The summed E-state index contributed by atoms with van der Waals surface area (Å²) < 4.78 is 0. The maximum absolute atomic E-state index is 11.2. The molecule has 0 aromatic carbocycles. The van der Waals surface area contributed by atoms with Crippen LogP contribution in [0.2, 0.25) is 0 Å². The van der Waals surface area contributed by atoms with E-state index in [0.29, 0.717) is 0 Å². The average molecular weight is 200 g/mol. The quantitative estimate of drug-likeness (QED) is 0.570. The van der Waals surface area contributed by atoms with Gasteiger partial charge in [-0.25, -0.2) is 9.78 Å². The van der Waals surface area contributed by atoms with Crippen molar-refractivity contribution in [3.8, 4) is 0 Å². The fourth-order valence-corrected chi connectivity index (χ4v) is 1.75. The van der Waals surface area contributed by atoms with Crippen molar-refractivity contribution >= 4 is 22.1 Å². The van der Waals surface area contributed by atoms with E-state index >= 15 is 0 Å². The number of aromatic amines is 2. The van der Waals surface area contributed by atoms with Crippen LogP contribution in [-0.2, 0) is 0 Å². The summed E-state index contributed by atoms with van der Waals surface area (Å²) in [5, 5.41) is 0. The zero-order chi connectivity index (χ0) is 10.4. The first-order valence-corrected chi connectivity index (χ1v) is 4.59. The van der Waals surface area contributed by atoms with E-state index in [2.05, 4.69) is 19.9 Å². The van der Waals surface area contributed by atoms with Gasteiger partial charge in [-0.3, -0.25) is 4.98 Å². The largest absolute Gasteiger partial charge is 0.323 e. The van der Waals surface area contributed by atoms with Crippen LogP contribution in [0.4, 0.5) is 0 Å². The van der Waals surface area contributed by atoms with Crippen molar-refractivity contribution in [3.63, 3.8) is 0 Å². The van der Waals surface area contributed by atoms with Gasteiger partial charge in [0.25, 0.3) is 0 Å². The molecule has 3 aromatic rings. The highest BCUT2D eigenvalue weighted by Gasteiger charge is 2.08. The summed E-state index contributed by atoms with van der Waals surface area (Å²) in [5.74, 6) is 0. The van der Waals surface area contributed by atoms with E-state index in [-0.39, 0.29) is 5.69 Å². The van der Waals surface area contributed by atoms with Gasteiger partial charge >= 0.3 is 5.69 Å². The van der Waals surface area contributed by atoms with E-state index in [1.54, 1.807) is 6.20 Å². The van der Waals surface area contributed by atoms with Crippen LogP contribution in [0.1, 0.15) is 5.69 Å².